The van der Waals surface area contributed by atoms with Crippen molar-refractivity contribution in [3.05, 3.63) is 75.0 Å². The van der Waals surface area contributed by atoms with Crippen LogP contribution in [0.25, 0.3) is 0 Å². The van der Waals surface area contributed by atoms with E-state index in [4.69, 9.17) is 16.3 Å². The number of hydrogen-bond acceptors (Lipinski definition) is 6. The third-order valence-electron chi connectivity index (χ3n) is 4.85. The highest BCUT2D eigenvalue weighted by Crippen LogP contribution is 2.31. The molecule has 0 unspecified atom stereocenters. The van der Waals surface area contributed by atoms with Crippen LogP contribution in [0.4, 0.5) is 11.5 Å². The zero-order chi connectivity index (χ0) is 22.7. The molecule has 164 valence electrons. The van der Waals surface area contributed by atoms with E-state index in [-0.39, 0.29) is 23.7 Å². The molecule has 1 aliphatic rings. The molecule has 0 bridgehead atoms. The molecule has 0 fully saturated rings. The number of fused-ring (bicyclic) bond motifs is 1. The summed E-state index contributed by atoms with van der Waals surface area (Å²) in [7, 11) is 1.52. The van der Waals surface area contributed by atoms with Gasteiger partial charge in [-0.05, 0) is 29.8 Å². The summed E-state index contributed by atoms with van der Waals surface area (Å²) in [5.41, 5.74) is 1.13. The van der Waals surface area contributed by atoms with E-state index in [1.54, 1.807) is 30.3 Å². The molecule has 8 nitrogen and oxygen atoms in total. The molecule has 2 amide bonds. The Hall–Kier alpha value is -3.30. The molecule has 3 aromatic rings. The first kappa shape index (κ1) is 21.9. The number of methoxy groups -OCH3 is 1. The summed E-state index contributed by atoms with van der Waals surface area (Å²) >= 11 is 7.30. The van der Waals surface area contributed by atoms with E-state index in [1.165, 1.54) is 18.9 Å². The number of carbonyl (C=O) groups excluding carboxylic acids is 2. The maximum absolute atomic E-state index is 12.9. The number of anilines is 2. The number of aromatic amines is 1. The number of rotatable bonds is 6. The number of benzene rings is 2. The van der Waals surface area contributed by atoms with Gasteiger partial charge in [0.05, 0.1) is 18.6 Å². The minimum absolute atomic E-state index is 0.101. The number of nitrogens with zero attached hydrogens (tertiary/aromatic N) is 1. The Balaban J connectivity index is 1.57. The number of ether oxygens (including phenoxy) is 1. The Labute approximate surface area is 192 Å². The molecular formula is C22H19ClN4O4S. The van der Waals surface area contributed by atoms with Gasteiger partial charge in [-0.3, -0.25) is 14.4 Å². The van der Waals surface area contributed by atoms with E-state index in [0.717, 1.165) is 5.56 Å². The van der Waals surface area contributed by atoms with Crippen molar-refractivity contribution in [2.45, 2.75) is 23.2 Å². The fourth-order valence-corrected chi connectivity index (χ4v) is 4.37. The van der Waals surface area contributed by atoms with Crippen molar-refractivity contribution in [2.24, 2.45) is 0 Å². The summed E-state index contributed by atoms with van der Waals surface area (Å²) in [4.78, 5) is 45.1. The Bertz CT molecular complexity index is 1250. The van der Waals surface area contributed by atoms with Gasteiger partial charge in [-0.15, -0.1) is 0 Å². The van der Waals surface area contributed by atoms with Crippen molar-refractivity contribution in [3.8, 4) is 5.75 Å². The van der Waals surface area contributed by atoms with Gasteiger partial charge in [0.2, 0.25) is 11.8 Å². The minimum Gasteiger partial charge on any atom is -0.497 e. The summed E-state index contributed by atoms with van der Waals surface area (Å²) in [5, 5.41) is 6.31. The Morgan fingerprint density at radius 2 is 2.06 bits per heavy atom. The minimum atomic E-state index is -0.965. The van der Waals surface area contributed by atoms with Crippen LogP contribution in [0, 0.1) is 0 Å². The van der Waals surface area contributed by atoms with Crippen LogP contribution in [0.15, 0.2) is 58.5 Å². The van der Waals surface area contributed by atoms with Gasteiger partial charge in [-0.1, -0.05) is 41.6 Å². The van der Waals surface area contributed by atoms with E-state index < -0.39 is 17.4 Å². The Morgan fingerprint density at radius 1 is 1.25 bits per heavy atom. The van der Waals surface area contributed by atoms with Gasteiger partial charge in [0.15, 0.2) is 5.16 Å². The lowest BCUT2D eigenvalue weighted by molar-refractivity contribution is -0.123. The highest BCUT2D eigenvalue weighted by molar-refractivity contribution is 7.98. The number of H-pyrrole nitrogens is 1. The fraction of sp³-hybridized carbons (Fsp3) is 0.182. The van der Waals surface area contributed by atoms with Gasteiger partial charge in [0, 0.05) is 29.0 Å². The lowest BCUT2D eigenvalue weighted by atomic mass is 9.92. The number of nitrogens with one attached hydrogen (secondary N) is 3. The maximum Gasteiger partial charge on any atom is 0.257 e. The van der Waals surface area contributed by atoms with Crippen molar-refractivity contribution in [3.63, 3.8) is 0 Å². The molecule has 0 radical (unpaired) electrons. The molecular weight excluding hydrogens is 452 g/mol. The van der Waals surface area contributed by atoms with Crippen molar-refractivity contribution >= 4 is 46.7 Å². The number of carbonyl (C=O) groups is 2. The third-order valence-corrected chi connectivity index (χ3v) is 6.03. The Kier molecular flexibility index (Phi) is 6.48. The van der Waals surface area contributed by atoms with E-state index in [0.29, 0.717) is 27.4 Å². The van der Waals surface area contributed by atoms with Crippen LogP contribution in [0.3, 0.4) is 0 Å². The molecule has 0 saturated heterocycles. The normalized spacial score (nSPS) is 14.9. The summed E-state index contributed by atoms with van der Waals surface area (Å²) in [6.07, 6.45) is -0.150. The van der Waals surface area contributed by atoms with Crippen LogP contribution in [0.2, 0.25) is 5.02 Å². The quantitative estimate of drug-likeness (QED) is 0.373. The SMILES string of the molecule is COc1cccc(NC(=O)[C@@H]2CC(=O)Nc3nc(SCc4cccc(Cl)c4)[nH]c(=O)c32)c1. The topological polar surface area (TPSA) is 113 Å². The molecule has 0 spiro atoms. The van der Waals surface area contributed by atoms with Gasteiger partial charge in [-0.2, -0.15) is 0 Å². The maximum atomic E-state index is 12.9. The van der Waals surface area contributed by atoms with E-state index in [1.807, 2.05) is 18.2 Å². The molecule has 1 aliphatic heterocycles. The smallest absolute Gasteiger partial charge is 0.257 e. The molecule has 0 saturated carbocycles. The largest absolute Gasteiger partial charge is 0.497 e. The van der Waals surface area contributed by atoms with E-state index in [2.05, 4.69) is 20.6 Å². The molecule has 4 rings (SSSR count). The predicted octanol–water partition coefficient (Wildman–Crippen LogP) is 3.79. The van der Waals surface area contributed by atoms with Crippen molar-refractivity contribution in [1.82, 2.24) is 9.97 Å². The lowest BCUT2D eigenvalue weighted by Gasteiger charge is -2.23. The van der Waals surface area contributed by atoms with Crippen LogP contribution in [0.1, 0.15) is 23.5 Å². The van der Waals surface area contributed by atoms with Crippen molar-refractivity contribution < 1.29 is 14.3 Å². The number of thioether (sulfide) groups is 1. The molecule has 2 heterocycles. The highest BCUT2D eigenvalue weighted by Gasteiger charge is 2.34. The molecule has 1 atom stereocenters. The summed E-state index contributed by atoms with van der Waals surface area (Å²) in [6.45, 7) is 0. The average Bonchev–Trinajstić information content (AvgIpc) is 2.77. The zero-order valence-electron chi connectivity index (χ0n) is 17.0. The second-order valence-corrected chi connectivity index (χ2v) is 8.48. The second-order valence-electron chi connectivity index (χ2n) is 7.08. The first-order valence-corrected chi connectivity index (χ1v) is 11.1. The average molecular weight is 471 g/mol. The van der Waals surface area contributed by atoms with E-state index in [9.17, 15) is 14.4 Å². The first-order chi connectivity index (χ1) is 15.4. The fourth-order valence-electron chi connectivity index (χ4n) is 3.35. The zero-order valence-corrected chi connectivity index (χ0v) is 18.5. The van der Waals surface area contributed by atoms with Crippen LogP contribution < -0.4 is 20.9 Å². The number of hydrogen-bond donors (Lipinski definition) is 3. The van der Waals surface area contributed by atoms with Gasteiger partial charge in [-0.25, -0.2) is 4.98 Å². The number of amides is 2. The molecule has 2 aromatic carbocycles. The summed E-state index contributed by atoms with van der Waals surface area (Å²) in [6, 6.07) is 14.2. The van der Waals surface area contributed by atoms with Gasteiger partial charge in [0.25, 0.3) is 5.56 Å². The van der Waals surface area contributed by atoms with Crippen molar-refractivity contribution in [1.29, 1.82) is 0 Å². The van der Waals surface area contributed by atoms with Crippen LogP contribution in [-0.2, 0) is 15.3 Å². The molecule has 10 heteroatoms. The van der Waals surface area contributed by atoms with Crippen LogP contribution >= 0.6 is 23.4 Å². The summed E-state index contributed by atoms with van der Waals surface area (Å²) in [5.74, 6) is -0.619. The standard InChI is InChI=1S/C22H19ClN4O4S/c1-31-15-7-3-6-14(9-15)24-20(29)16-10-17(28)25-19-18(16)21(30)27-22(26-19)32-11-12-4-2-5-13(23)8-12/h2-9,16H,10-11H2,1H3,(H,24,29)(H2,25,26,27,28,30)/t16-/m1/s1. The lowest BCUT2D eigenvalue weighted by Crippen LogP contribution is -2.36. The van der Waals surface area contributed by atoms with Gasteiger partial charge < -0.3 is 20.4 Å². The third kappa shape index (κ3) is 4.95. The Morgan fingerprint density at radius 3 is 2.84 bits per heavy atom. The van der Waals surface area contributed by atoms with Crippen LogP contribution in [0.5, 0.6) is 5.75 Å². The molecule has 3 N–H and O–H groups in total. The number of aromatic nitrogens is 2. The molecule has 32 heavy (non-hydrogen) atoms. The summed E-state index contributed by atoms with van der Waals surface area (Å²) < 4.78 is 5.16. The van der Waals surface area contributed by atoms with Crippen molar-refractivity contribution in [2.75, 3.05) is 17.7 Å². The van der Waals surface area contributed by atoms with E-state index >= 15 is 0 Å². The van der Waals surface area contributed by atoms with Gasteiger partial charge >= 0.3 is 0 Å². The van der Waals surface area contributed by atoms with Gasteiger partial charge in [0.1, 0.15) is 11.6 Å². The monoisotopic (exact) mass is 470 g/mol. The molecule has 1 aromatic heterocycles. The first-order valence-electron chi connectivity index (χ1n) is 9.69. The highest BCUT2D eigenvalue weighted by atomic mass is 35.5. The van der Waals surface area contributed by atoms with Crippen LogP contribution in [-0.4, -0.2) is 28.9 Å². The second kappa shape index (κ2) is 9.46. The predicted molar refractivity (Wildman–Crippen MR) is 123 cm³/mol. The molecule has 0 aliphatic carbocycles. The number of halogens is 1.